The zero-order valence-corrected chi connectivity index (χ0v) is 11.0. The molecule has 0 bridgehead atoms. The van der Waals surface area contributed by atoms with E-state index in [-0.39, 0.29) is 12.2 Å². The van der Waals surface area contributed by atoms with E-state index in [9.17, 15) is 18.0 Å². The Kier molecular flexibility index (Phi) is 3.50. The van der Waals surface area contributed by atoms with Crippen molar-refractivity contribution in [3.05, 3.63) is 62.4 Å². The van der Waals surface area contributed by atoms with Gasteiger partial charge in [0.1, 0.15) is 5.69 Å². The van der Waals surface area contributed by atoms with Gasteiger partial charge in [0.2, 0.25) is 10.9 Å². The van der Waals surface area contributed by atoms with Gasteiger partial charge in [-0.1, -0.05) is 30.3 Å². The largest absolute Gasteiger partial charge is 0.301 e. The van der Waals surface area contributed by atoms with Crippen molar-refractivity contribution in [1.29, 1.82) is 0 Å². The van der Waals surface area contributed by atoms with Crippen LogP contribution in [0.25, 0.3) is 0 Å². The van der Waals surface area contributed by atoms with Gasteiger partial charge in [0.05, 0.1) is 6.54 Å². The second kappa shape index (κ2) is 4.94. The average molecular weight is 280 g/mol. The summed E-state index contributed by atoms with van der Waals surface area (Å²) >= 11 is 0. The van der Waals surface area contributed by atoms with Crippen molar-refractivity contribution in [3.8, 4) is 0 Å². The maximum atomic E-state index is 11.9. The third kappa shape index (κ3) is 2.56. The Morgan fingerprint density at radius 2 is 1.79 bits per heavy atom. The van der Waals surface area contributed by atoms with Gasteiger partial charge in [-0.3, -0.25) is 9.59 Å². The summed E-state index contributed by atoms with van der Waals surface area (Å²) in [6, 6.07) is 9.84. The first-order valence-electron chi connectivity index (χ1n) is 5.51. The van der Waals surface area contributed by atoms with Gasteiger partial charge in [-0.15, -0.1) is 0 Å². The Morgan fingerprint density at radius 1 is 1.16 bits per heavy atom. The molecule has 0 saturated heterocycles. The number of anilines is 1. The van der Waals surface area contributed by atoms with Crippen LogP contribution in [-0.2, 0) is 16.8 Å². The Labute approximate surface area is 110 Å². The number of hydrogen-bond donors (Lipinski definition) is 1. The first-order chi connectivity index (χ1) is 8.95. The quantitative estimate of drug-likeness (QED) is 0.766. The molecule has 7 heteroatoms. The molecule has 100 valence electrons. The first-order valence-corrected chi connectivity index (χ1v) is 6.95. The summed E-state index contributed by atoms with van der Waals surface area (Å²) in [5.74, 6) is 0. The molecule has 0 atom stereocenters. The van der Waals surface area contributed by atoms with Gasteiger partial charge in [0.15, 0.2) is 0 Å². The molecule has 0 aliphatic carbocycles. The van der Waals surface area contributed by atoms with Gasteiger partial charge in [0.25, 0.3) is 0 Å². The molecule has 1 N–H and O–H groups in total. The first kappa shape index (κ1) is 13.4. The van der Waals surface area contributed by atoms with Crippen molar-refractivity contribution in [2.45, 2.75) is 6.54 Å². The Hall–Kier alpha value is -1.99. The third-order valence-corrected chi connectivity index (χ3v) is 4.13. The summed E-state index contributed by atoms with van der Waals surface area (Å²) in [4.78, 5) is 22.3. The lowest BCUT2D eigenvalue weighted by atomic mass is 10.2. The molecule has 2 rings (SSSR count). The number of rotatable bonds is 5. The number of nitrogens with zero attached hydrogens (tertiary/aromatic N) is 1. The second-order valence-electron chi connectivity index (χ2n) is 3.92. The van der Waals surface area contributed by atoms with Crippen LogP contribution in [0.2, 0.25) is 0 Å². The molecule has 0 aromatic heterocycles. The van der Waals surface area contributed by atoms with E-state index in [2.05, 4.69) is 4.72 Å². The molecule has 0 fully saturated rings. The smallest absolute Gasteiger partial charge is 0.285 e. The summed E-state index contributed by atoms with van der Waals surface area (Å²) in [6.07, 6.45) is 0. The van der Waals surface area contributed by atoms with Gasteiger partial charge in [-0.25, -0.2) is 9.03 Å². The van der Waals surface area contributed by atoms with Crippen LogP contribution in [0.4, 0.5) is 5.69 Å². The molecule has 0 saturated carbocycles. The lowest BCUT2D eigenvalue weighted by Crippen LogP contribution is -2.46. The zero-order chi connectivity index (χ0) is 14.0. The van der Waals surface area contributed by atoms with Crippen molar-refractivity contribution in [2.24, 2.45) is 0 Å². The van der Waals surface area contributed by atoms with Gasteiger partial charge in [-0.2, -0.15) is 8.42 Å². The normalized spacial score (nSPS) is 11.6. The Bertz CT molecular complexity index is 745. The highest BCUT2D eigenvalue weighted by Crippen LogP contribution is 2.15. The number of nitrogens with one attached hydrogen (secondary N) is 1. The molecule has 0 unspecified atom stereocenters. The van der Waals surface area contributed by atoms with Crippen LogP contribution in [0.1, 0.15) is 5.56 Å². The van der Waals surface area contributed by atoms with E-state index in [0.717, 1.165) is 15.9 Å². The highest BCUT2D eigenvalue weighted by atomic mass is 32.2. The van der Waals surface area contributed by atoms with Crippen molar-refractivity contribution >= 4 is 15.9 Å². The minimum Gasteiger partial charge on any atom is -0.285 e. The zero-order valence-electron chi connectivity index (χ0n) is 10.2. The van der Waals surface area contributed by atoms with Gasteiger partial charge < -0.3 is 0 Å². The summed E-state index contributed by atoms with van der Waals surface area (Å²) in [6.45, 7) is -0.00509. The molecular formula is C12H12N2O4S. The third-order valence-electron chi connectivity index (χ3n) is 2.71. The minimum absolute atomic E-state index is 0.00509. The molecule has 19 heavy (non-hydrogen) atoms. The van der Waals surface area contributed by atoms with Crippen LogP contribution < -0.4 is 19.9 Å². The van der Waals surface area contributed by atoms with E-state index < -0.39 is 21.1 Å². The van der Waals surface area contributed by atoms with Gasteiger partial charge >= 0.3 is 10.2 Å². The van der Waals surface area contributed by atoms with Crippen LogP contribution in [0.5, 0.6) is 0 Å². The van der Waals surface area contributed by atoms with E-state index in [1.54, 1.807) is 30.3 Å². The summed E-state index contributed by atoms with van der Waals surface area (Å²) in [5, 5.41) is 0. The summed E-state index contributed by atoms with van der Waals surface area (Å²) < 4.78 is 26.8. The standard InChI is InChI=1S/C12H12N2O4S/c1-13-19(17,18)14(10-7-11(15)12(10)16)8-9-5-3-2-4-6-9/h2-7,13H,8H2,1H3. The van der Waals surface area contributed by atoms with Gasteiger partial charge in [-0.05, 0) is 5.56 Å². The number of benzene rings is 1. The highest BCUT2D eigenvalue weighted by Gasteiger charge is 2.26. The maximum absolute atomic E-state index is 11.9. The van der Waals surface area contributed by atoms with Crippen molar-refractivity contribution < 1.29 is 8.42 Å². The second-order valence-corrected chi connectivity index (χ2v) is 5.72. The van der Waals surface area contributed by atoms with Crippen molar-refractivity contribution in [3.63, 3.8) is 0 Å². The lowest BCUT2D eigenvalue weighted by Gasteiger charge is -2.23. The molecule has 0 radical (unpaired) electrons. The number of hydrogen-bond acceptors (Lipinski definition) is 4. The average Bonchev–Trinajstić information content (AvgIpc) is 2.43. The van der Waals surface area contributed by atoms with Crippen LogP contribution in [0.15, 0.2) is 46.0 Å². The molecule has 0 heterocycles. The predicted molar refractivity (Wildman–Crippen MR) is 72.0 cm³/mol. The monoisotopic (exact) mass is 280 g/mol. The molecular weight excluding hydrogens is 268 g/mol. The lowest BCUT2D eigenvalue weighted by molar-refractivity contribution is 0.582. The molecule has 2 aromatic carbocycles. The van der Waals surface area contributed by atoms with Crippen LogP contribution in [0.3, 0.4) is 0 Å². The Balaban J connectivity index is 2.40. The van der Waals surface area contributed by atoms with Gasteiger partial charge in [0, 0.05) is 13.1 Å². The van der Waals surface area contributed by atoms with Crippen LogP contribution in [0, 0.1) is 0 Å². The van der Waals surface area contributed by atoms with E-state index in [4.69, 9.17) is 0 Å². The van der Waals surface area contributed by atoms with E-state index in [0.29, 0.717) is 0 Å². The van der Waals surface area contributed by atoms with Crippen LogP contribution in [-0.4, -0.2) is 15.5 Å². The van der Waals surface area contributed by atoms with Crippen molar-refractivity contribution in [2.75, 3.05) is 11.4 Å². The summed E-state index contributed by atoms with van der Waals surface area (Å²) in [5.41, 5.74) is -0.855. The molecule has 6 nitrogen and oxygen atoms in total. The van der Waals surface area contributed by atoms with E-state index in [1.807, 2.05) is 0 Å². The predicted octanol–water partition coefficient (Wildman–Crippen LogP) is -0.247. The fraction of sp³-hybridized carbons (Fsp3) is 0.167. The van der Waals surface area contributed by atoms with E-state index in [1.165, 1.54) is 7.05 Å². The topological polar surface area (TPSA) is 83.6 Å². The Morgan fingerprint density at radius 3 is 2.26 bits per heavy atom. The fourth-order valence-electron chi connectivity index (χ4n) is 1.65. The molecule has 0 amide bonds. The van der Waals surface area contributed by atoms with Crippen molar-refractivity contribution in [1.82, 2.24) is 4.72 Å². The highest BCUT2D eigenvalue weighted by molar-refractivity contribution is 7.90. The molecule has 0 aliphatic heterocycles. The molecule has 0 spiro atoms. The molecule has 2 aromatic rings. The maximum Gasteiger partial charge on any atom is 0.301 e. The fourth-order valence-corrected chi connectivity index (χ4v) is 2.58. The SMILES string of the molecule is CNS(=O)(=O)N(Cc1ccccc1)c1cc(=O)c1=O. The van der Waals surface area contributed by atoms with E-state index >= 15 is 0 Å². The molecule has 0 aliphatic rings. The van der Waals surface area contributed by atoms with Crippen LogP contribution >= 0.6 is 0 Å². The summed E-state index contributed by atoms with van der Waals surface area (Å²) in [7, 11) is -2.58. The minimum atomic E-state index is -3.83.